The van der Waals surface area contributed by atoms with E-state index in [4.69, 9.17) is 23.2 Å². The van der Waals surface area contributed by atoms with Gasteiger partial charge in [0, 0.05) is 22.5 Å². The number of hydrogen-bond acceptors (Lipinski definition) is 2. The van der Waals surface area contributed by atoms with Crippen molar-refractivity contribution in [2.24, 2.45) is 0 Å². The third-order valence-electron chi connectivity index (χ3n) is 3.83. The van der Waals surface area contributed by atoms with Gasteiger partial charge in [-0.05, 0) is 37.1 Å². The normalized spacial score (nSPS) is 11.0. The van der Waals surface area contributed by atoms with Gasteiger partial charge in [0.15, 0.2) is 5.82 Å². The summed E-state index contributed by atoms with van der Waals surface area (Å²) < 4.78 is 14.3. The summed E-state index contributed by atoms with van der Waals surface area (Å²) in [5.74, 6) is 0.251. The summed E-state index contributed by atoms with van der Waals surface area (Å²) in [6.07, 6.45) is 0. The van der Waals surface area contributed by atoms with Crippen LogP contribution in [0.2, 0.25) is 10.0 Å². The van der Waals surface area contributed by atoms with Crippen molar-refractivity contribution < 1.29 is 4.39 Å². The zero-order valence-electron chi connectivity index (χ0n) is 12.8. The summed E-state index contributed by atoms with van der Waals surface area (Å²) in [6.45, 7) is 4.14. The fraction of sp³-hybridized carbons (Fsp3) is 0.167. The van der Waals surface area contributed by atoms with Gasteiger partial charge in [-0.2, -0.15) is 0 Å². The molecule has 5 heteroatoms. The van der Waals surface area contributed by atoms with Gasteiger partial charge in [0.05, 0.1) is 5.02 Å². The maximum Gasteiger partial charge on any atom is 0.152 e. The second-order valence-electron chi connectivity index (χ2n) is 5.47. The van der Waals surface area contributed by atoms with Gasteiger partial charge in [-0.15, -0.1) is 0 Å². The van der Waals surface area contributed by atoms with Gasteiger partial charge in [-0.25, -0.2) is 9.37 Å². The summed E-state index contributed by atoms with van der Waals surface area (Å²) in [7, 11) is 0. The smallest absolute Gasteiger partial charge is 0.152 e. The predicted molar refractivity (Wildman–Crippen MR) is 95.0 cm³/mol. The molecule has 0 fully saturated rings. The highest BCUT2D eigenvalue weighted by Crippen LogP contribution is 2.32. The Morgan fingerprint density at radius 2 is 1.74 bits per heavy atom. The maximum atomic E-state index is 14.3. The Kier molecular flexibility index (Phi) is 4.42. The van der Waals surface area contributed by atoms with Crippen LogP contribution in [0.5, 0.6) is 0 Å². The van der Waals surface area contributed by atoms with E-state index in [0.717, 1.165) is 11.1 Å². The largest absolute Gasteiger partial charge is 0.366 e. The van der Waals surface area contributed by atoms with E-state index in [9.17, 15) is 4.39 Å². The molecule has 3 rings (SSSR count). The molecule has 0 saturated heterocycles. The second-order valence-corrected chi connectivity index (χ2v) is 6.29. The van der Waals surface area contributed by atoms with Crippen molar-refractivity contribution in [2.45, 2.75) is 20.4 Å². The molecule has 0 atom stereocenters. The number of hydrogen-bond donors (Lipinski definition) is 1. The first-order valence-corrected chi connectivity index (χ1v) is 7.96. The number of aromatic nitrogens is 1. The lowest BCUT2D eigenvalue weighted by molar-refractivity contribution is 0.627. The van der Waals surface area contributed by atoms with Gasteiger partial charge < -0.3 is 5.32 Å². The molecule has 23 heavy (non-hydrogen) atoms. The number of fused-ring (bicyclic) bond motifs is 1. The van der Waals surface area contributed by atoms with Crippen molar-refractivity contribution in [1.29, 1.82) is 0 Å². The van der Waals surface area contributed by atoms with E-state index < -0.39 is 0 Å². The number of aryl methyl sites for hydroxylation is 1. The fourth-order valence-corrected chi connectivity index (χ4v) is 2.78. The summed E-state index contributed by atoms with van der Waals surface area (Å²) >= 11 is 12.3. The van der Waals surface area contributed by atoms with E-state index in [0.29, 0.717) is 38.9 Å². The lowest BCUT2D eigenvalue weighted by Crippen LogP contribution is -2.05. The molecule has 0 amide bonds. The third-order valence-corrected chi connectivity index (χ3v) is 4.57. The monoisotopic (exact) mass is 348 g/mol. The van der Waals surface area contributed by atoms with Crippen molar-refractivity contribution in [3.63, 3.8) is 0 Å². The van der Waals surface area contributed by atoms with E-state index in [1.54, 1.807) is 19.1 Å². The Bertz CT molecular complexity index is 877. The molecule has 0 radical (unpaired) electrons. The lowest BCUT2D eigenvalue weighted by atomic mass is 10.1. The molecule has 0 saturated carbocycles. The number of anilines is 1. The minimum Gasteiger partial charge on any atom is -0.366 e. The van der Waals surface area contributed by atoms with Crippen LogP contribution in [0.25, 0.3) is 10.9 Å². The van der Waals surface area contributed by atoms with Gasteiger partial charge in [0.25, 0.3) is 0 Å². The minimum absolute atomic E-state index is 0.291. The van der Waals surface area contributed by atoms with E-state index in [1.807, 2.05) is 31.2 Å². The molecular weight excluding hydrogens is 334 g/mol. The van der Waals surface area contributed by atoms with Crippen LogP contribution in [-0.4, -0.2) is 4.98 Å². The van der Waals surface area contributed by atoms with Crippen molar-refractivity contribution in [3.8, 4) is 0 Å². The summed E-state index contributed by atoms with van der Waals surface area (Å²) in [5.41, 5.74) is 2.70. The standard InChI is InChI=1S/C18H15Cl2FN2/c1-10-3-8-14-15(20)11(2)18(23-17(14)16(10)21)22-9-12-4-6-13(19)7-5-12/h3-8H,9H2,1-2H3,(H,22,23). The molecule has 3 aromatic rings. The quantitative estimate of drug-likeness (QED) is 0.636. The molecule has 1 heterocycles. The first-order valence-electron chi connectivity index (χ1n) is 7.20. The molecule has 0 bridgehead atoms. The van der Waals surface area contributed by atoms with Crippen LogP contribution >= 0.6 is 23.2 Å². The summed E-state index contributed by atoms with van der Waals surface area (Å²) in [4.78, 5) is 4.43. The lowest BCUT2D eigenvalue weighted by Gasteiger charge is -2.13. The van der Waals surface area contributed by atoms with Crippen LogP contribution in [0.15, 0.2) is 36.4 Å². The van der Waals surface area contributed by atoms with Gasteiger partial charge >= 0.3 is 0 Å². The zero-order chi connectivity index (χ0) is 16.6. The van der Waals surface area contributed by atoms with Crippen molar-refractivity contribution >= 4 is 39.9 Å². The zero-order valence-corrected chi connectivity index (χ0v) is 14.3. The topological polar surface area (TPSA) is 24.9 Å². The molecular formula is C18H15Cl2FN2. The van der Waals surface area contributed by atoms with Gasteiger partial charge in [0.2, 0.25) is 0 Å². The summed E-state index contributed by atoms with van der Waals surface area (Å²) in [5, 5.41) is 5.06. The van der Waals surface area contributed by atoms with Crippen molar-refractivity contribution in [3.05, 3.63) is 69.0 Å². The Balaban J connectivity index is 1.98. The van der Waals surface area contributed by atoms with Crippen LogP contribution in [0.1, 0.15) is 16.7 Å². The molecule has 2 nitrogen and oxygen atoms in total. The average Bonchev–Trinajstić information content (AvgIpc) is 2.54. The number of benzene rings is 2. The van der Waals surface area contributed by atoms with E-state index in [2.05, 4.69) is 10.3 Å². The Morgan fingerprint density at radius 3 is 2.43 bits per heavy atom. The fourth-order valence-electron chi connectivity index (χ4n) is 2.41. The third kappa shape index (κ3) is 3.12. The molecule has 0 aliphatic rings. The van der Waals surface area contributed by atoms with Crippen LogP contribution in [0, 0.1) is 19.7 Å². The number of halogens is 3. The molecule has 1 N–H and O–H groups in total. The minimum atomic E-state index is -0.334. The molecule has 0 aliphatic carbocycles. The first kappa shape index (κ1) is 16.0. The van der Waals surface area contributed by atoms with E-state index >= 15 is 0 Å². The Morgan fingerprint density at radius 1 is 1.04 bits per heavy atom. The highest BCUT2D eigenvalue weighted by atomic mass is 35.5. The van der Waals surface area contributed by atoms with Crippen molar-refractivity contribution in [2.75, 3.05) is 5.32 Å². The Hall–Kier alpha value is -1.84. The molecule has 118 valence electrons. The molecule has 0 spiro atoms. The average molecular weight is 349 g/mol. The van der Waals surface area contributed by atoms with Gasteiger partial charge in [0.1, 0.15) is 11.3 Å². The molecule has 2 aromatic carbocycles. The van der Waals surface area contributed by atoms with Crippen molar-refractivity contribution in [1.82, 2.24) is 4.98 Å². The molecule has 0 unspecified atom stereocenters. The molecule has 0 aliphatic heterocycles. The van der Waals surface area contributed by atoms with Gasteiger partial charge in [-0.3, -0.25) is 0 Å². The summed E-state index contributed by atoms with van der Waals surface area (Å²) in [6, 6.07) is 11.0. The highest BCUT2D eigenvalue weighted by molar-refractivity contribution is 6.36. The number of nitrogens with zero attached hydrogens (tertiary/aromatic N) is 1. The SMILES string of the molecule is Cc1ccc2c(Cl)c(C)c(NCc3ccc(Cl)cc3)nc2c1F. The first-order chi connectivity index (χ1) is 11.0. The van der Waals surface area contributed by atoms with Crippen LogP contribution in [0.3, 0.4) is 0 Å². The van der Waals surface area contributed by atoms with E-state index in [-0.39, 0.29) is 5.82 Å². The Labute approximate surface area is 144 Å². The second kappa shape index (κ2) is 6.34. The molecule has 1 aromatic heterocycles. The van der Waals surface area contributed by atoms with E-state index in [1.165, 1.54) is 0 Å². The highest BCUT2D eigenvalue weighted by Gasteiger charge is 2.14. The van der Waals surface area contributed by atoms with Crippen LogP contribution in [0.4, 0.5) is 10.2 Å². The van der Waals surface area contributed by atoms with Gasteiger partial charge in [-0.1, -0.05) is 47.5 Å². The number of nitrogens with one attached hydrogen (secondary N) is 1. The number of pyridine rings is 1. The predicted octanol–water partition coefficient (Wildman–Crippen LogP) is 5.91. The van der Waals surface area contributed by atoms with Crippen LogP contribution < -0.4 is 5.32 Å². The van der Waals surface area contributed by atoms with Crippen LogP contribution in [-0.2, 0) is 6.54 Å². The maximum absolute atomic E-state index is 14.3. The number of rotatable bonds is 3.